The summed E-state index contributed by atoms with van der Waals surface area (Å²) in [4.78, 5) is 38.1. The number of hydrogen-bond acceptors (Lipinski definition) is 5. The van der Waals surface area contributed by atoms with Crippen LogP contribution >= 0.6 is 0 Å². The SMILES string of the molecule is COC(=O)C(CC(C)C)NC(=O)c1ccc(CNC(=O)OC(C)(C)C)cc1-c1cccc2ccccc12. The minimum Gasteiger partial charge on any atom is -0.467 e. The Hall–Kier alpha value is -3.87. The van der Waals surface area contributed by atoms with Crippen LogP contribution in [0.4, 0.5) is 4.79 Å². The smallest absolute Gasteiger partial charge is 0.407 e. The molecule has 0 radical (unpaired) electrons. The number of methoxy groups -OCH3 is 1. The average Bonchev–Trinajstić information content (AvgIpc) is 2.84. The van der Waals surface area contributed by atoms with Gasteiger partial charge >= 0.3 is 12.1 Å². The molecule has 0 spiro atoms. The van der Waals surface area contributed by atoms with Gasteiger partial charge in [0.1, 0.15) is 11.6 Å². The summed E-state index contributed by atoms with van der Waals surface area (Å²) >= 11 is 0. The molecule has 7 heteroatoms. The lowest BCUT2D eigenvalue weighted by Crippen LogP contribution is -2.42. The summed E-state index contributed by atoms with van der Waals surface area (Å²) in [5.41, 5.74) is 2.20. The zero-order valence-corrected chi connectivity index (χ0v) is 22.4. The first kappa shape index (κ1) is 27.7. The fourth-order valence-corrected chi connectivity index (χ4v) is 4.13. The number of carbonyl (C=O) groups is 3. The molecule has 7 nitrogen and oxygen atoms in total. The monoisotopic (exact) mass is 504 g/mol. The van der Waals surface area contributed by atoms with E-state index in [4.69, 9.17) is 9.47 Å². The number of rotatable bonds is 8. The highest BCUT2D eigenvalue weighted by Gasteiger charge is 2.25. The molecule has 0 aliphatic heterocycles. The highest BCUT2D eigenvalue weighted by Crippen LogP contribution is 2.32. The highest BCUT2D eigenvalue weighted by atomic mass is 16.6. The van der Waals surface area contributed by atoms with Crippen molar-refractivity contribution >= 4 is 28.7 Å². The van der Waals surface area contributed by atoms with Crippen LogP contribution in [0.3, 0.4) is 0 Å². The van der Waals surface area contributed by atoms with E-state index in [1.54, 1.807) is 32.9 Å². The van der Waals surface area contributed by atoms with Crippen molar-refractivity contribution in [3.05, 3.63) is 71.8 Å². The van der Waals surface area contributed by atoms with E-state index in [1.165, 1.54) is 7.11 Å². The third-order valence-electron chi connectivity index (χ3n) is 5.74. The van der Waals surface area contributed by atoms with E-state index in [2.05, 4.69) is 10.6 Å². The lowest BCUT2D eigenvalue weighted by Gasteiger charge is -2.21. The molecule has 1 unspecified atom stereocenters. The van der Waals surface area contributed by atoms with Gasteiger partial charge in [0.15, 0.2) is 0 Å². The first-order valence-electron chi connectivity index (χ1n) is 12.4. The maximum atomic E-state index is 13.5. The Balaban J connectivity index is 2.01. The molecular weight excluding hydrogens is 468 g/mol. The summed E-state index contributed by atoms with van der Waals surface area (Å²) < 4.78 is 10.3. The summed E-state index contributed by atoms with van der Waals surface area (Å²) in [7, 11) is 1.32. The second-order valence-electron chi connectivity index (χ2n) is 10.4. The second kappa shape index (κ2) is 11.9. The van der Waals surface area contributed by atoms with Crippen molar-refractivity contribution in [3.63, 3.8) is 0 Å². The molecule has 2 N–H and O–H groups in total. The van der Waals surface area contributed by atoms with Crippen LogP contribution < -0.4 is 10.6 Å². The van der Waals surface area contributed by atoms with Crippen molar-refractivity contribution in [2.24, 2.45) is 5.92 Å². The summed E-state index contributed by atoms with van der Waals surface area (Å²) in [6.45, 7) is 9.61. The Kier molecular flexibility index (Phi) is 8.92. The predicted octanol–water partition coefficient (Wildman–Crippen LogP) is 5.85. The van der Waals surface area contributed by atoms with Crippen LogP contribution in [0.15, 0.2) is 60.7 Å². The minimum absolute atomic E-state index is 0.184. The molecule has 3 aromatic rings. The molecule has 0 heterocycles. The highest BCUT2D eigenvalue weighted by molar-refractivity contribution is 6.07. The van der Waals surface area contributed by atoms with Crippen LogP contribution in [-0.4, -0.2) is 36.7 Å². The Morgan fingerprint density at radius 3 is 2.30 bits per heavy atom. The van der Waals surface area contributed by atoms with Gasteiger partial charge < -0.3 is 20.1 Å². The van der Waals surface area contributed by atoms with E-state index in [-0.39, 0.29) is 18.4 Å². The number of carbonyl (C=O) groups excluding carboxylic acids is 3. The quantitative estimate of drug-likeness (QED) is 0.376. The molecule has 0 aromatic heterocycles. The van der Waals surface area contributed by atoms with Gasteiger partial charge in [-0.25, -0.2) is 9.59 Å². The molecule has 37 heavy (non-hydrogen) atoms. The third kappa shape index (κ3) is 7.56. The van der Waals surface area contributed by atoms with Crippen LogP contribution in [0.5, 0.6) is 0 Å². The van der Waals surface area contributed by atoms with Gasteiger partial charge in [0.2, 0.25) is 0 Å². The average molecular weight is 505 g/mol. The standard InChI is InChI=1S/C30H36N2O5/c1-19(2)16-26(28(34)36-6)32-27(33)24-15-14-20(18-31-29(35)37-30(3,4)5)17-25(24)23-13-9-11-21-10-7-8-12-22(21)23/h7-15,17,19,26H,16,18H2,1-6H3,(H,31,35)(H,32,33). The normalized spacial score (nSPS) is 12.2. The third-order valence-corrected chi connectivity index (χ3v) is 5.74. The van der Waals surface area contributed by atoms with Crippen molar-refractivity contribution in [1.29, 1.82) is 0 Å². The minimum atomic E-state index is -0.758. The van der Waals surface area contributed by atoms with Crippen LogP contribution in [-0.2, 0) is 20.8 Å². The summed E-state index contributed by atoms with van der Waals surface area (Å²) in [6, 6.07) is 18.5. The molecule has 3 rings (SSSR count). The number of ether oxygens (including phenoxy) is 2. The largest absolute Gasteiger partial charge is 0.467 e. The van der Waals surface area contributed by atoms with Crippen molar-refractivity contribution in [3.8, 4) is 11.1 Å². The number of esters is 1. The molecule has 0 fully saturated rings. The van der Waals surface area contributed by atoms with Crippen molar-refractivity contribution in [2.45, 2.75) is 59.2 Å². The van der Waals surface area contributed by atoms with E-state index < -0.39 is 23.7 Å². The molecule has 0 saturated heterocycles. The van der Waals surface area contributed by atoms with Crippen molar-refractivity contribution < 1.29 is 23.9 Å². The van der Waals surface area contributed by atoms with E-state index >= 15 is 0 Å². The fourth-order valence-electron chi connectivity index (χ4n) is 4.13. The van der Waals surface area contributed by atoms with Gasteiger partial charge in [-0.05, 0) is 72.7 Å². The topological polar surface area (TPSA) is 93.7 Å². The molecule has 2 amide bonds. The molecule has 0 saturated carbocycles. The molecule has 3 aromatic carbocycles. The van der Waals surface area contributed by atoms with Crippen LogP contribution in [0.25, 0.3) is 21.9 Å². The number of hydrogen-bond donors (Lipinski definition) is 2. The lowest BCUT2D eigenvalue weighted by atomic mass is 9.92. The maximum absolute atomic E-state index is 13.5. The number of alkyl carbamates (subject to hydrolysis) is 1. The van der Waals surface area contributed by atoms with Gasteiger partial charge in [-0.2, -0.15) is 0 Å². The first-order valence-corrected chi connectivity index (χ1v) is 12.4. The van der Waals surface area contributed by atoms with Crippen LogP contribution in [0.1, 0.15) is 57.0 Å². The molecule has 0 bridgehead atoms. The predicted molar refractivity (Wildman–Crippen MR) is 145 cm³/mol. The summed E-state index contributed by atoms with van der Waals surface area (Å²) in [5, 5.41) is 7.67. The molecule has 1 atom stereocenters. The maximum Gasteiger partial charge on any atom is 0.407 e. The molecule has 0 aliphatic rings. The van der Waals surface area contributed by atoms with E-state index in [1.807, 2.05) is 62.4 Å². The zero-order valence-electron chi connectivity index (χ0n) is 22.4. The van der Waals surface area contributed by atoms with Crippen molar-refractivity contribution in [1.82, 2.24) is 10.6 Å². The van der Waals surface area contributed by atoms with Gasteiger partial charge in [-0.15, -0.1) is 0 Å². The lowest BCUT2D eigenvalue weighted by molar-refractivity contribution is -0.143. The van der Waals surface area contributed by atoms with E-state index in [0.29, 0.717) is 17.5 Å². The van der Waals surface area contributed by atoms with Gasteiger partial charge in [-0.3, -0.25) is 4.79 Å². The summed E-state index contributed by atoms with van der Waals surface area (Å²) in [6.07, 6.45) is -0.0597. The number of benzene rings is 3. The fraction of sp³-hybridized carbons (Fsp3) is 0.367. The van der Waals surface area contributed by atoms with E-state index in [0.717, 1.165) is 21.9 Å². The van der Waals surface area contributed by atoms with E-state index in [9.17, 15) is 14.4 Å². The number of amides is 2. The van der Waals surface area contributed by atoms with Crippen LogP contribution in [0.2, 0.25) is 0 Å². The molecule has 0 aliphatic carbocycles. The Labute approximate surface area is 218 Å². The number of fused-ring (bicyclic) bond motifs is 1. The summed E-state index contributed by atoms with van der Waals surface area (Å²) in [5.74, 6) is -0.666. The van der Waals surface area contributed by atoms with Gasteiger partial charge in [0, 0.05) is 12.1 Å². The molecule has 196 valence electrons. The van der Waals surface area contributed by atoms with Gasteiger partial charge in [0.25, 0.3) is 5.91 Å². The second-order valence-corrected chi connectivity index (χ2v) is 10.4. The van der Waals surface area contributed by atoms with Gasteiger partial charge in [0.05, 0.1) is 7.11 Å². The van der Waals surface area contributed by atoms with Crippen molar-refractivity contribution in [2.75, 3.05) is 7.11 Å². The van der Waals surface area contributed by atoms with Gasteiger partial charge in [-0.1, -0.05) is 62.4 Å². The zero-order chi connectivity index (χ0) is 27.2. The Morgan fingerprint density at radius 2 is 1.62 bits per heavy atom. The molecular formula is C30H36N2O5. The Morgan fingerprint density at radius 1 is 0.919 bits per heavy atom. The Bertz CT molecular complexity index is 1270. The van der Waals surface area contributed by atoms with Crippen LogP contribution in [0, 0.1) is 5.92 Å². The first-order chi connectivity index (χ1) is 17.5. The number of nitrogens with one attached hydrogen (secondary N) is 2.